The Morgan fingerprint density at radius 1 is 1.12 bits per heavy atom. The SMILES string of the molecule is CCCCCCCCCC(NC)c1ccco1. The molecule has 0 aromatic carbocycles. The summed E-state index contributed by atoms with van der Waals surface area (Å²) in [5, 5.41) is 3.32. The van der Waals surface area contributed by atoms with E-state index in [2.05, 4.69) is 18.3 Å². The maximum absolute atomic E-state index is 5.43. The third-order valence-corrected chi connectivity index (χ3v) is 3.33. The summed E-state index contributed by atoms with van der Waals surface area (Å²) >= 11 is 0. The monoisotopic (exact) mass is 237 g/mol. The van der Waals surface area contributed by atoms with Gasteiger partial charge in [-0.3, -0.25) is 0 Å². The topological polar surface area (TPSA) is 25.2 Å². The Bertz CT molecular complexity index is 256. The van der Waals surface area contributed by atoms with Crippen molar-refractivity contribution in [1.82, 2.24) is 5.32 Å². The van der Waals surface area contributed by atoms with Gasteiger partial charge in [-0.15, -0.1) is 0 Å². The fourth-order valence-electron chi connectivity index (χ4n) is 2.22. The van der Waals surface area contributed by atoms with Gasteiger partial charge in [0.1, 0.15) is 5.76 Å². The van der Waals surface area contributed by atoms with E-state index in [9.17, 15) is 0 Å². The Kier molecular flexibility index (Phi) is 7.81. The summed E-state index contributed by atoms with van der Waals surface area (Å²) in [5.74, 6) is 1.07. The molecule has 1 N–H and O–H groups in total. The minimum absolute atomic E-state index is 0.389. The van der Waals surface area contributed by atoms with Crippen molar-refractivity contribution in [1.29, 1.82) is 0 Å². The Labute approximate surface area is 106 Å². The summed E-state index contributed by atoms with van der Waals surface area (Å²) in [6, 6.07) is 4.41. The van der Waals surface area contributed by atoms with Gasteiger partial charge in [-0.2, -0.15) is 0 Å². The van der Waals surface area contributed by atoms with Gasteiger partial charge < -0.3 is 9.73 Å². The van der Waals surface area contributed by atoms with Gasteiger partial charge in [0.2, 0.25) is 0 Å². The summed E-state index contributed by atoms with van der Waals surface area (Å²) in [4.78, 5) is 0. The highest BCUT2D eigenvalue weighted by Crippen LogP contribution is 2.20. The summed E-state index contributed by atoms with van der Waals surface area (Å²) in [5.41, 5.74) is 0. The van der Waals surface area contributed by atoms with Crippen LogP contribution in [0.4, 0.5) is 0 Å². The number of furan rings is 1. The fraction of sp³-hybridized carbons (Fsp3) is 0.733. The van der Waals surface area contributed by atoms with Crippen LogP contribution in [0.5, 0.6) is 0 Å². The highest BCUT2D eigenvalue weighted by Gasteiger charge is 2.10. The van der Waals surface area contributed by atoms with Crippen LogP contribution >= 0.6 is 0 Å². The van der Waals surface area contributed by atoms with Crippen LogP contribution in [0.25, 0.3) is 0 Å². The van der Waals surface area contributed by atoms with Crippen LogP contribution in [0.3, 0.4) is 0 Å². The van der Waals surface area contributed by atoms with Gasteiger partial charge in [0.15, 0.2) is 0 Å². The predicted octanol–water partition coefficient (Wildman–Crippen LogP) is 4.68. The van der Waals surface area contributed by atoms with E-state index in [0.717, 1.165) is 5.76 Å². The molecule has 0 radical (unpaired) electrons. The van der Waals surface area contributed by atoms with Crippen LogP contribution in [0.1, 0.15) is 70.1 Å². The Morgan fingerprint density at radius 2 is 1.82 bits per heavy atom. The first kappa shape index (κ1) is 14.3. The molecule has 0 spiro atoms. The van der Waals surface area contributed by atoms with Crippen LogP contribution in [0.2, 0.25) is 0 Å². The van der Waals surface area contributed by atoms with Crippen molar-refractivity contribution in [2.45, 2.75) is 64.3 Å². The van der Waals surface area contributed by atoms with E-state index in [0.29, 0.717) is 6.04 Å². The van der Waals surface area contributed by atoms with Gasteiger partial charge in [0, 0.05) is 0 Å². The maximum atomic E-state index is 5.43. The average molecular weight is 237 g/mol. The molecule has 0 aliphatic rings. The summed E-state index contributed by atoms with van der Waals surface area (Å²) < 4.78 is 5.43. The molecule has 0 fully saturated rings. The van der Waals surface area contributed by atoms with E-state index < -0.39 is 0 Å². The third kappa shape index (κ3) is 5.92. The van der Waals surface area contributed by atoms with Crippen molar-refractivity contribution in [2.24, 2.45) is 0 Å². The van der Waals surface area contributed by atoms with Gasteiger partial charge in [0.25, 0.3) is 0 Å². The lowest BCUT2D eigenvalue weighted by molar-refractivity contribution is 0.401. The van der Waals surface area contributed by atoms with E-state index in [4.69, 9.17) is 4.42 Å². The van der Waals surface area contributed by atoms with Crippen LogP contribution in [0, 0.1) is 0 Å². The van der Waals surface area contributed by atoms with Gasteiger partial charge >= 0.3 is 0 Å². The van der Waals surface area contributed by atoms with Crippen LogP contribution in [0.15, 0.2) is 22.8 Å². The molecular weight excluding hydrogens is 210 g/mol. The highest BCUT2D eigenvalue weighted by atomic mass is 16.3. The van der Waals surface area contributed by atoms with Crippen molar-refractivity contribution >= 4 is 0 Å². The number of hydrogen-bond donors (Lipinski definition) is 1. The van der Waals surface area contributed by atoms with Gasteiger partial charge in [-0.05, 0) is 25.6 Å². The molecule has 1 aromatic heterocycles. The normalized spacial score (nSPS) is 12.8. The molecule has 0 aliphatic carbocycles. The average Bonchev–Trinajstić information content (AvgIpc) is 2.86. The largest absolute Gasteiger partial charge is 0.468 e. The molecule has 0 amide bonds. The van der Waals surface area contributed by atoms with E-state index in [1.54, 1.807) is 6.26 Å². The molecule has 0 bridgehead atoms. The summed E-state index contributed by atoms with van der Waals surface area (Å²) in [6.45, 7) is 2.26. The lowest BCUT2D eigenvalue weighted by Gasteiger charge is -2.13. The maximum Gasteiger partial charge on any atom is 0.120 e. The lowest BCUT2D eigenvalue weighted by atomic mass is 10.0. The van der Waals surface area contributed by atoms with Gasteiger partial charge in [0.05, 0.1) is 12.3 Å². The second kappa shape index (κ2) is 9.29. The molecule has 1 unspecified atom stereocenters. The molecule has 1 rings (SSSR count). The first-order chi connectivity index (χ1) is 8.38. The Balaban J connectivity index is 2.04. The predicted molar refractivity (Wildman–Crippen MR) is 73.1 cm³/mol. The molecule has 0 aliphatic heterocycles. The van der Waals surface area contributed by atoms with Crippen molar-refractivity contribution < 1.29 is 4.42 Å². The fourth-order valence-corrected chi connectivity index (χ4v) is 2.22. The molecular formula is C15H27NO. The second-order valence-corrected chi connectivity index (χ2v) is 4.77. The first-order valence-corrected chi connectivity index (χ1v) is 7.09. The molecule has 2 nitrogen and oxygen atoms in total. The summed E-state index contributed by atoms with van der Waals surface area (Å²) in [6.07, 6.45) is 12.5. The molecule has 17 heavy (non-hydrogen) atoms. The molecule has 1 aromatic rings. The van der Waals surface area contributed by atoms with Crippen LogP contribution in [-0.4, -0.2) is 7.05 Å². The number of unbranched alkanes of at least 4 members (excludes halogenated alkanes) is 6. The minimum Gasteiger partial charge on any atom is -0.468 e. The van der Waals surface area contributed by atoms with E-state index in [1.807, 2.05) is 13.1 Å². The van der Waals surface area contributed by atoms with Gasteiger partial charge in [-0.1, -0.05) is 51.9 Å². The number of nitrogens with one attached hydrogen (secondary N) is 1. The van der Waals surface area contributed by atoms with Crippen LogP contribution in [-0.2, 0) is 0 Å². The highest BCUT2D eigenvalue weighted by molar-refractivity contribution is 5.03. The molecule has 0 saturated carbocycles. The van der Waals surface area contributed by atoms with E-state index in [-0.39, 0.29) is 0 Å². The standard InChI is InChI=1S/C15H27NO/c1-3-4-5-6-7-8-9-11-14(16-2)15-12-10-13-17-15/h10,12-14,16H,3-9,11H2,1-2H3. The van der Waals surface area contributed by atoms with Crippen molar-refractivity contribution in [3.63, 3.8) is 0 Å². The lowest BCUT2D eigenvalue weighted by Crippen LogP contribution is -2.15. The molecule has 98 valence electrons. The molecule has 1 heterocycles. The Morgan fingerprint density at radius 3 is 2.41 bits per heavy atom. The molecule has 1 atom stereocenters. The quantitative estimate of drug-likeness (QED) is 0.598. The van der Waals surface area contributed by atoms with Crippen LogP contribution < -0.4 is 5.32 Å². The molecule has 2 heteroatoms. The minimum atomic E-state index is 0.389. The first-order valence-electron chi connectivity index (χ1n) is 7.09. The van der Waals surface area contributed by atoms with Gasteiger partial charge in [-0.25, -0.2) is 0 Å². The van der Waals surface area contributed by atoms with Crippen molar-refractivity contribution in [3.8, 4) is 0 Å². The smallest absolute Gasteiger partial charge is 0.120 e. The summed E-state index contributed by atoms with van der Waals surface area (Å²) in [7, 11) is 2.01. The number of rotatable bonds is 10. The van der Waals surface area contributed by atoms with E-state index >= 15 is 0 Å². The zero-order valence-electron chi connectivity index (χ0n) is 11.4. The second-order valence-electron chi connectivity index (χ2n) is 4.77. The van der Waals surface area contributed by atoms with Crippen molar-refractivity contribution in [3.05, 3.63) is 24.2 Å². The molecule has 0 saturated heterocycles. The van der Waals surface area contributed by atoms with E-state index in [1.165, 1.54) is 51.4 Å². The zero-order valence-corrected chi connectivity index (χ0v) is 11.4. The van der Waals surface area contributed by atoms with Crippen molar-refractivity contribution in [2.75, 3.05) is 7.05 Å². The zero-order chi connectivity index (χ0) is 12.3. The number of hydrogen-bond acceptors (Lipinski definition) is 2. The Hall–Kier alpha value is -0.760. The third-order valence-electron chi connectivity index (χ3n) is 3.33.